The molecule has 0 unspecified atom stereocenters. The number of alkyl halides is 3. The molecule has 0 aromatic heterocycles. The monoisotopic (exact) mass is 186 g/mol. The number of hydrogen-bond donors (Lipinski definition) is 0. The van der Waals surface area contributed by atoms with Crippen molar-refractivity contribution in [1.82, 2.24) is 0 Å². The summed E-state index contributed by atoms with van der Waals surface area (Å²) in [5.41, 5.74) is 0. The number of carbonyl (C=O) groups excluding carboxylic acids is 2. The molecule has 0 aliphatic rings. The van der Waals surface area contributed by atoms with Gasteiger partial charge in [-0.2, -0.15) is 4.39 Å². The van der Waals surface area contributed by atoms with E-state index in [1.807, 2.05) is 0 Å². The summed E-state index contributed by atoms with van der Waals surface area (Å²) in [5, 5.41) is 0. The molecule has 0 spiro atoms. The highest BCUT2D eigenvalue weighted by Crippen LogP contribution is 2.24. The molecule has 0 heterocycles. The van der Waals surface area contributed by atoms with Gasteiger partial charge in [0.15, 0.2) is 0 Å². The molecule has 0 N–H and O–H groups in total. The van der Waals surface area contributed by atoms with Crippen molar-refractivity contribution in [2.45, 2.75) is 17.9 Å². The standard InChI is InChI=1S/C5H5Cl2FO2/c1-3(9)2-4(10)5(6,7)8/h2H2,1H3. The molecule has 0 saturated carbocycles. The maximum absolute atomic E-state index is 12.2. The zero-order valence-corrected chi connectivity index (χ0v) is 6.67. The molecule has 0 aromatic carbocycles. The van der Waals surface area contributed by atoms with Crippen LogP contribution >= 0.6 is 23.2 Å². The highest BCUT2D eigenvalue weighted by molar-refractivity contribution is 6.57. The minimum atomic E-state index is -2.92. The molecule has 0 rings (SSSR count). The highest BCUT2D eigenvalue weighted by atomic mass is 35.5. The van der Waals surface area contributed by atoms with Crippen LogP contribution in [0.15, 0.2) is 0 Å². The molecule has 0 amide bonds. The zero-order valence-electron chi connectivity index (χ0n) is 5.16. The minimum absolute atomic E-state index is 0.465. The summed E-state index contributed by atoms with van der Waals surface area (Å²) in [6, 6.07) is 0. The van der Waals surface area contributed by atoms with Crippen LogP contribution in [0.2, 0.25) is 0 Å². The first-order valence-electron chi connectivity index (χ1n) is 2.43. The summed E-state index contributed by atoms with van der Waals surface area (Å²) in [5.74, 6) is -1.59. The van der Waals surface area contributed by atoms with Crippen molar-refractivity contribution >= 4 is 34.8 Å². The van der Waals surface area contributed by atoms with Crippen LogP contribution in [-0.2, 0) is 9.59 Å². The molecule has 0 atom stereocenters. The maximum Gasteiger partial charge on any atom is 0.316 e. The number of halogens is 3. The minimum Gasteiger partial charge on any atom is -0.300 e. The first kappa shape index (κ1) is 9.85. The Balaban J connectivity index is 3.99. The molecule has 2 nitrogen and oxygen atoms in total. The van der Waals surface area contributed by atoms with Crippen molar-refractivity contribution in [3.8, 4) is 0 Å². The van der Waals surface area contributed by atoms with Crippen LogP contribution in [0.4, 0.5) is 4.39 Å². The van der Waals surface area contributed by atoms with Gasteiger partial charge in [0.25, 0.3) is 0 Å². The lowest BCUT2D eigenvalue weighted by Gasteiger charge is -2.04. The van der Waals surface area contributed by atoms with Gasteiger partial charge >= 0.3 is 4.59 Å². The molecule has 5 heteroatoms. The Hall–Kier alpha value is -0.150. The van der Waals surface area contributed by atoms with E-state index in [2.05, 4.69) is 0 Å². The second-order valence-corrected chi connectivity index (χ2v) is 3.03. The topological polar surface area (TPSA) is 34.1 Å². The van der Waals surface area contributed by atoms with Crippen LogP contribution in [0.3, 0.4) is 0 Å². The normalized spacial score (nSPS) is 11.2. The molecule has 0 radical (unpaired) electrons. The lowest BCUT2D eigenvalue weighted by molar-refractivity contribution is -0.128. The third kappa shape index (κ3) is 3.80. The SMILES string of the molecule is CC(=O)CC(=O)C(F)(Cl)Cl. The third-order valence-electron chi connectivity index (χ3n) is 0.726. The van der Waals surface area contributed by atoms with Crippen molar-refractivity contribution in [3.63, 3.8) is 0 Å². The van der Waals surface area contributed by atoms with Crippen molar-refractivity contribution in [3.05, 3.63) is 0 Å². The lowest BCUT2D eigenvalue weighted by atomic mass is 10.2. The van der Waals surface area contributed by atoms with Gasteiger partial charge in [-0.1, -0.05) is 23.2 Å². The Morgan fingerprint density at radius 2 is 1.90 bits per heavy atom. The van der Waals surface area contributed by atoms with Gasteiger partial charge in [0.05, 0.1) is 6.42 Å². The summed E-state index contributed by atoms with van der Waals surface area (Å²) in [6.07, 6.45) is -0.566. The van der Waals surface area contributed by atoms with E-state index in [0.29, 0.717) is 0 Å². The van der Waals surface area contributed by atoms with Crippen LogP contribution in [0.25, 0.3) is 0 Å². The predicted octanol–water partition coefficient (Wildman–Crippen LogP) is 1.64. The fraction of sp³-hybridized carbons (Fsp3) is 0.600. The molecule has 58 valence electrons. The third-order valence-corrected chi connectivity index (χ3v) is 1.15. The molecular formula is C5H5Cl2FO2. The Kier molecular flexibility index (Phi) is 3.25. The number of carbonyl (C=O) groups is 2. The number of ketones is 2. The fourth-order valence-electron chi connectivity index (χ4n) is 0.326. The Labute approximate surface area is 67.3 Å². The average Bonchev–Trinajstić information content (AvgIpc) is 1.60. The largest absolute Gasteiger partial charge is 0.316 e. The van der Waals surface area contributed by atoms with Gasteiger partial charge < -0.3 is 0 Å². The molecule has 0 aromatic rings. The van der Waals surface area contributed by atoms with Gasteiger partial charge in [-0.15, -0.1) is 0 Å². The molecule has 0 saturated heterocycles. The van der Waals surface area contributed by atoms with E-state index in [0.717, 1.165) is 6.92 Å². The lowest BCUT2D eigenvalue weighted by Crippen LogP contribution is -2.21. The van der Waals surface area contributed by atoms with E-state index in [1.54, 1.807) is 0 Å². The summed E-state index contributed by atoms with van der Waals surface area (Å²) in [7, 11) is 0. The zero-order chi connectivity index (χ0) is 8.36. The molecule has 0 fully saturated rings. The number of hydrogen-bond acceptors (Lipinski definition) is 2. The van der Waals surface area contributed by atoms with Crippen LogP contribution < -0.4 is 0 Å². The summed E-state index contributed by atoms with van der Waals surface area (Å²) < 4.78 is 9.25. The van der Waals surface area contributed by atoms with Crippen LogP contribution in [0, 0.1) is 0 Å². The first-order chi connectivity index (χ1) is 4.34. The van der Waals surface area contributed by atoms with Crippen molar-refractivity contribution in [2.75, 3.05) is 0 Å². The van der Waals surface area contributed by atoms with Crippen LogP contribution in [-0.4, -0.2) is 16.2 Å². The number of Topliss-reactive ketones (excluding diaryl/α,β-unsaturated/α-hetero) is 2. The summed E-state index contributed by atoms with van der Waals surface area (Å²) in [6.45, 7) is 1.15. The Morgan fingerprint density at radius 3 is 2.00 bits per heavy atom. The van der Waals surface area contributed by atoms with E-state index >= 15 is 0 Å². The quantitative estimate of drug-likeness (QED) is 0.497. The molecule has 0 aliphatic carbocycles. The molecular weight excluding hydrogens is 182 g/mol. The smallest absolute Gasteiger partial charge is 0.300 e. The van der Waals surface area contributed by atoms with Crippen LogP contribution in [0.1, 0.15) is 13.3 Å². The fourth-order valence-corrected chi connectivity index (χ4v) is 0.460. The van der Waals surface area contributed by atoms with Gasteiger partial charge in [0.2, 0.25) is 5.78 Å². The first-order valence-corrected chi connectivity index (χ1v) is 3.19. The van der Waals surface area contributed by atoms with Crippen molar-refractivity contribution < 1.29 is 14.0 Å². The van der Waals surface area contributed by atoms with E-state index in [-0.39, 0.29) is 0 Å². The van der Waals surface area contributed by atoms with E-state index in [9.17, 15) is 14.0 Å². The molecule has 0 aliphatic heterocycles. The number of rotatable bonds is 3. The van der Waals surface area contributed by atoms with Gasteiger partial charge in [-0.05, 0) is 6.92 Å². The van der Waals surface area contributed by atoms with Crippen molar-refractivity contribution in [2.24, 2.45) is 0 Å². The summed E-state index contributed by atoms with van der Waals surface area (Å²) in [4.78, 5) is 20.6. The van der Waals surface area contributed by atoms with Gasteiger partial charge in [-0.25, -0.2) is 0 Å². The van der Waals surface area contributed by atoms with Crippen LogP contribution in [0.5, 0.6) is 0 Å². The van der Waals surface area contributed by atoms with Gasteiger partial charge in [-0.3, -0.25) is 9.59 Å². The van der Waals surface area contributed by atoms with E-state index in [4.69, 9.17) is 23.2 Å². The van der Waals surface area contributed by atoms with Crippen molar-refractivity contribution in [1.29, 1.82) is 0 Å². The Morgan fingerprint density at radius 1 is 1.50 bits per heavy atom. The highest BCUT2D eigenvalue weighted by Gasteiger charge is 2.33. The average molecular weight is 187 g/mol. The van der Waals surface area contributed by atoms with Gasteiger partial charge in [0.1, 0.15) is 5.78 Å². The molecule has 0 bridgehead atoms. The summed E-state index contributed by atoms with van der Waals surface area (Å²) >= 11 is 9.45. The maximum atomic E-state index is 12.2. The second kappa shape index (κ2) is 3.30. The van der Waals surface area contributed by atoms with E-state index in [1.165, 1.54) is 0 Å². The second-order valence-electron chi connectivity index (χ2n) is 1.80. The Bertz CT molecular complexity index is 162. The molecule has 10 heavy (non-hydrogen) atoms. The van der Waals surface area contributed by atoms with Gasteiger partial charge in [0, 0.05) is 0 Å². The van der Waals surface area contributed by atoms with E-state index < -0.39 is 22.6 Å². The predicted molar refractivity (Wildman–Crippen MR) is 35.9 cm³/mol.